The third-order valence-electron chi connectivity index (χ3n) is 4.84. The lowest BCUT2D eigenvalue weighted by atomic mass is 9.83. The SMILES string of the molecule is C/C=C(/[C]1[CH][CH][CH][CH]1)C(=C1C=CC(=O)C=C1)c1ccc(OCCCN(C)C)cc1. The van der Waals surface area contributed by atoms with Crippen molar-refractivity contribution in [2.75, 3.05) is 27.2 Å². The minimum Gasteiger partial charge on any atom is -0.494 e. The highest BCUT2D eigenvalue weighted by Gasteiger charge is 2.25. The van der Waals surface area contributed by atoms with E-state index in [1.807, 2.05) is 44.1 Å². The predicted octanol–water partition coefficient (Wildman–Crippen LogP) is 4.82. The van der Waals surface area contributed by atoms with Crippen molar-refractivity contribution >= 4 is 11.4 Å². The van der Waals surface area contributed by atoms with E-state index in [1.165, 1.54) is 0 Å². The third kappa shape index (κ3) is 5.80. The Morgan fingerprint density at radius 1 is 1.00 bits per heavy atom. The molecule has 0 amide bonds. The van der Waals surface area contributed by atoms with Crippen LogP contribution < -0.4 is 4.74 Å². The highest BCUT2D eigenvalue weighted by molar-refractivity contribution is 6.03. The first-order valence-corrected chi connectivity index (χ1v) is 9.99. The van der Waals surface area contributed by atoms with E-state index >= 15 is 0 Å². The van der Waals surface area contributed by atoms with E-state index in [0.717, 1.165) is 46.9 Å². The molecule has 3 rings (SSSR count). The zero-order valence-corrected chi connectivity index (χ0v) is 17.4. The molecule has 0 aliphatic heterocycles. The summed E-state index contributed by atoms with van der Waals surface area (Å²) >= 11 is 0. The molecule has 0 spiro atoms. The zero-order chi connectivity index (χ0) is 20.6. The lowest BCUT2D eigenvalue weighted by molar-refractivity contribution is -0.110. The van der Waals surface area contributed by atoms with Gasteiger partial charge in [0, 0.05) is 12.5 Å². The molecule has 149 valence electrons. The van der Waals surface area contributed by atoms with Crippen molar-refractivity contribution < 1.29 is 9.53 Å². The van der Waals surface area contributed by atoms with Crippen LogP contribution in [-0.4, -0.2) is 37.9 Å². The van der Waals surface area contributed by atoms with Crippen LogP contribution in [0.3, 0.4) is 0 Å². The topological polar surface area (TPSA) is 29.5 Å². The maximum atomic E-state index is 11.6. The number of nitrogens with zero attached hydrogens (tertiary/aromatic N) is 1. The maximum absolute atomic E-state index is 11.6. The number of rotatable bonds is 8. The summed E-state index contributed by atoms with van der Waals surface area (Å²) in [5.41, 5.74) is 4.38. The first-order chi connectivity index (χ1) is 14.1. The highest BCUT2D eigenvalue weighted by atomic mass is 16.5. The van der Waals surface area contributed by atoms with Crippen molar-refractivity contribution in [1.82, 2.24) is 4.90 Å². The fraction of sp³-hybridized carbons (Fsp3) is 0.231. The summed E-state index contributed by atoms with van der Waals surface area (Å²) in [5.74, 6) is 2.06. The van der Waals surface area contributed by atoms with Gasteiger partial charge in [0.1, 0.15) is 5.75 Å². The predicted molar refractivity (Wildman–Crippen MR) is 120 cm³/mol. The number of ether oxygens (including phenoxy) is 1. The first-order valence-electron chi connectivity index (χ1n) is 9.99. The summed E-state index contributed by atoms with van der Waals surface area (Å²) in [7, 11) is 4.13. The average Bonchev–Trinajstić information content (AvgIpc) is 3.25. The second kappa shape index (κ2) is 10.4. The lowest BCUT2D eigenvalue weighted by Gasteiger charge is -2.21. The maximum Gasteiger partial charge on any atom is 0.178 e. The Hall–Kier alpha value is -2.39. The molecule has 2 aliphatic carbocycles. The Morgan fingerprint density at radius 3 is 2.24 bits per heavy atom. The molecule has 0 saturated heterocycles. The fourth-order valence-corrected chi connectivity index (χ4v) is 3.40. The molecule has 0 heterocycles. The number of carbonyl (C=O) groups excluding carboxylic acids is 1. The van der Waals surface area contributed by atoms with E-state index in [1.54, 1.807) is 12.2 Å². The van der Waals surface area contributed by atoms with Gasteiger partial charge in [0.25, 0.3) is 0 Å². The highest BCUT2D eigenvalue weighted by Crippen LogP contribution is 2.40. The minimum absolute atomic E-state index is 0.0184. The Bertz CT molecular complexity index is 801. The standard InChI is InChI=1S/C26H28NO2/c1-4-25(20-8-5-6-9-20)26(21-10-14-23(28)15-11-21)22-12-16-24(17-13-22)29-19-7-18-27(2)3/h4-6,8-17H,7,18-19H2,1-3H3/b25-4-. The summed E-state index contributed by atoms with van der Waals surface area (Å²) < 4.78 is 5.88. The fourth-order valence-electron chi connectivity index (χ4n) is 3.40. The van der Waals surface area contributed by atoms with Crippen molar-refractivity contribution in [3.8, 4) is 5.75 Å². The van der Waals surface area contributed by atoms with Gasteiger partial charge in [0.15, 0.2) is 5.78 Å². The van der Waals surface area contributed by atoms with Crippen LogP contribution in [0.25, 0.3) is 5.57 Å². The molecule has 1 fully saturated rings. The number of allylic oxidation sites excluding steroid dienone is 8. The van der Waals surface area contributed by atoms with Crippen LogP contribution >= 0.6 is 0 Å². The van der Waals surface area contributed by atoms with Crippen molar-refractivity contribution in [3.05, 3.63) is 103 Å². The van der Waals surface area contributed by atoms with Crippen molar-refractivity contribution in [2.24, 2.45) is 0 Å². The lowest BCUT2D eigenvalue weighted by Crippen LogP contribution is -2.15. The molecule has 1 saturated carbocycles. The third-order valence-corrected chi connectivity index (χ3v) is 4.84. The molecule has 0 bridgehead atoms. The van der Waals surface area contributed by atoms with Crippen LogP contribution in [0, 0.1) is 31.6 Å². The molecule has 2 aliphatic rings. The van der Waals surface area contributed by atoms with E-state index in [4.69, 9.17) is 4.74 Å². The van der Waals surface area contributed by atoms with Gasteiger partial charge in [0.05, 0.1) is 6.61 Å². The van der Waals surface area contributed by atoms with Gasteiger partial charge in [-0.1, -0.05) is 30.4 Å². The normalized spacial score (nSPS) is 17.4. The van der Waals surface area contributed by atoms with Crippen molar-refractivity contribution in [2.45, 2.75) is 13.3 Å². The summed E-state index contributed by atoms with van der Waals surface area (Å²) in [4.78, 5) is 13.8. The second-order valence-electron chi connectivity index (χ2n) is 7.30. The van der Waals surface area contributed by atoms with E-state index < -0.39 is 0 Å². The zero-order valence-electron chi connectivity index (χ0n) is 17.4. The van der Waals surface area contributed by atoms with E-state index in [2.05, 4.69) is 50.0 Å². The Labute approximate surface area is 175 Å². The molecule has 3 nitrogen and oxygen atoms in total. The smallest absolute Gasteiger partial charge is 0.178 e. The Morgan fingerprint density at radius 2 is 1.66 bits per heavy atom. The van der Waals surface area contributed by atoms with Gasteiger partial charge in [0.2, 0.25) is 0 Å². The minimum atomic E-state index is 0.0184. The molecule has 29 heavy (non-hydrogen) atoms. The van der Waals surface area contributed by atoms with Crippen LogP contribution in [0.4, 0.5) is 0 Å². The van der Waals surface area contributed by atoms with E-state index in [0.29, 0.717) is 6.61 Å². The number of carbonyl (C=O) groups is 1. The summed E-state index contributed by atoms with van der Waals surface area (Å²) in [5, 5.41) is 0. The van der Waals surface area contributed by atoms with E-state index in [-0.39, 0.29) is 5.78 Å². The molecule has 1 aromatic rings. The van der Waals surface area contributed by atoms with Gasteiger partial charge in [-0.25, -0.2) is 0 Å². The number of benzene rings is 1. The molecule has 0 aromatic heterocycles. The molecular weight excluding hydrogens is 358 g/mol. The monoisotopic (exact) mass is 386 g/mol. The van der Waals surface area contributed by atoms with E-state index in [9.17, 15) is 4.79 Å². The second-order valence-corrected chi connectivity index (χ2v) is 7.30. The summed E-state index contributed by atoms with van der Waals surface area (Å²) in [6.45, 7) is 3.76. The number of hydrogen-bond donors (Lipinski definition) is 0. The first kappa shape index (κ1) is 21.3. The van der Waals surface area contributed by atoms with Gasteiger partial charge in [-0.3, -0.25) is 4.79 Å². The average molecular weight is 387 g/mol. The molecular formula is C26H28NO2. The summed E-state index contributed by atoms with van der Waals surface area (Å²) in [6.07, 6.45) is 18.5. The van der Waals surface area contributed by atoms with Crippen LogP contribution in [0.2, 0.25) is 0 Å². The van der Waals surface area contributed by atoms with Gasteiger partial charge in [-0.15, -0.1) is 0 Å². The number of hydrogen-bond acceptors (Lipinski definition) is 3. The van der Waals surface area contributed by atoms with Crippen molar-refractivity contribution in [1.29, 1.82) is 0 Å². The molecule has 5 radical (unpaired) electrons. The Kier molecular flexibility index (Phi) is 7.65. The largest absolute Gasteiger partial charge is 0.494 e. The number of ketones is 1. The van der Waals surface area contributed by atoms with Gasteiger partial charge >= 0.3 is 0 Å². The van der Waals surface area contributed by atoms with Gasteiger partial charge in [-0.05, 0) is 99.7 Å². The van der Waals surface area contributed by atoms with Gasteiger partial charge < -0.3 is 9.64 Å². The summed E-state index contributed by atoms with van der Waals surface area (Å²) in [6, 6.07) is 8.22. The molecule has 3 heteroatoms. The van der Waals surface area contributed by atoms with Crippen LogP contribution in [0.1, 0.15) is 18.9 Å². The van der Waals surface area contributed by atoms with Crippen LogP contribution in [-0.2, 0) is 4.79 Å². The molecule has 0 unspecified atom stereocenters. The molecule has 1 aromatic carbocycles. The van der Waals surface area contributed by atoms with Gasteiger partial charge in [-0.2, -0.15) is 0 Å². The van der Waals surface area contributed by atoms with Crippen LogP contribution in [0.15, 0.2) is 65.8 Å². The van der Waals surface area contributed by atoms with Crippen LogP contribution in [0.5, 0.6) is 5.75 Å². The molecule has 0 atom stereocenters. The quantitative estimate of drug-likeness (QED) is 0.600. The Balaban J connectivity index is 1.85. The van der Waals surface area contributed by atoms with Crippen molar-refractivity contribution in [3.63, 3.8) is 0 Å². The molecule has 0 N–H and O–H groups in total.